The molecule has 58 heavy (non-hydrogen) atoms. The number of fused-ring (bicyclic) bond motifs is 6. The highest BCUT2D eigenvalue weighted by Gasteiger charge is 2.25. The van der Waals surface area contributed by atoms with Crippen molar-refractivity contribution in [1.29, 1.82) is 0 Å². The third-order valence-corrected chi connectivity index (χ3v) is 12.7. The standard InChI is InChI=1S/C58H42/c1-3-37(2)38-33-35-40(36-34-38)54-43-23-9-13-27-47(43)56(48-28-14-10-24-44(48)54)58-51-31-17-15-29-49(51)57(50-30-16-18-32-52(50)58)55-45-25-11-7-21-41(45)53(39-19-5-4-6-20-39)42-22-8-12-26-46(42)55/h4-37H,3H2,1-2H3. The number of rotatable bonds is 6. The average Bonchev–Trinajstić information content (AvgIpc) is 3.29. The highest BCUT2D eigenvalue weighted by molar-refractivity contribution is 6.33. The molecular formula is C58H42. The maximum Gasteiger partial charge on any atom is -0.00139 e. The predicted molar refractivity (Wildman–Crippen MR) is 252 cm³/mol. The summed E-state index contributed by atoms with van der Waals surface area (Å²) < 4.78 is 0. The topological polar surface area (TPSA) is 0 Å². The highest BCUT2D eigenvalue weighted by atomic mass is 14.3. The van der Waals surface area contributed by atoms with E-state index in [0.29, 0.717) is 5.92 Å². The SMILES string of the molecule is CCC(C)c1ccc(-c2c3ccccc3c(-c3c4ccccc4c(-c4c5ccccc5c(-c5ccccc5)c5ccccc45)c4ccccc34)c3ccccc23)cc1. The quantitative estimate of drug-likeness (QED) is 0.149. The van der Waals surface area contributed by atoms with Crippen LogP contribution in [0.4, 0.5) is 0 Å². The van der Waals surface area contributed by atoms with Gasteiger partial charge in [-0.25, -0.2) is 0 Å². The number of hydrogen-bond donors (Lipinski definition) is 0. The number of benzene rings is 11. The van der Waals surface area contributed by atoms with Gasteiger partial charge >= 0.3 is 0 Å². The van der Waals surface area contributed by atoms with Gasteiger partial charge in [-0.1, -0.05) is 214 Å². The van der Waals surface area contributed by atoms with Crippen molar-refractivity contribution in [2.75, 3.05) is 0 Å². The molecule has 274 valence electrons. The summed E-state index contributed by atoms with van der Waals surface area (Å²) in [5.74, 6) is 0.534. The van der Waals surface area contributed by atoms with E-state index in [9.17, 15) is 0 Å². The van der Waals surface area contributed by atoms with Crippen LogP contribution in [0.25, 0.3) is 109 Å². The van der Waals surface area contributed by atoms with Crippen LogP contribution in [-0.2, 0) is 0 Å². The average molecular weight is 739 g/mol. The van der Waals surface area contributed by atoms with Crippen molar-refractivity contribution in [3.63, 3.8) is 0 Å². The molecule has 0 radical (unpaired) electrons. The van der Waals surface area contributed by atoms with Crippen LogP contribution in [-0.4, -0.2) is 0 Å². The summed E-state index contributed by atoms with van der Waals surface area (Å²) in [5.41, 5.74) is 11.6. The second kappa shape index (κ2) is 13.9. The summed E-state index contributed by atoms with van der Waals surface area (Å²) in [4.78, 5) is 0. The van der Waals surface area contributed by atoms with Gasteiger partial charge in [-0.05, 0) is 127 Å². The molecule has 0 saturated heterocycles. The Morgan fingerprint density at radius 3 is 0.741 bits per heavy atom. The molecule has 0 aliphatic rings. The summed E-state index contributed by atoms with van der Waals surface area (Å²) in [7, 11) is 0. The van der Waals surface area contributed by atoms with Crippen molar-refractivity contribution in [3.8, 4) is 44.5 Å². The van der Waals surface area contributed by atoms with E-state index in [0.717, 1.165) is 6.42 Å². The van der Waals surface area contributed by atoms with Crippen LogP contribution < -0.4 is 0 Å². The lowest BCUT2D eigenvalue weighted by Crippen LogP contribution is -1.96. The fourth-order valence-corrected chi connectivity index (χ4v) is 9.90. The minimum atomic E-state index is 0.534. The summed E-state index contributed by atoms with van der Waals surface area (Å²) in [5, 5.41) is 15.2. The van der Waals surface area contributed by atoms with Crippen LogP contribution in [0.5, 0.6) is 0 Å². The Bertz CT molecular complexity index is 3200. The molecule has 11 aromatic rings. The Labute approximate surface area is 339 Å². The van der Waals surface area contributed by atoms with E-state index >= 15 is 0 Å². The second-order valence-electron chi connectivity index (χ2n) is 15.8. The van der Waals surface area contributed by atoms with Crippen molar-refractivity contribution in [2.45, 2.75) is 26.2 Å². The molecule has 0 saturated carbocycles. The largest absolute Gasteiger partial charge is 0.0648 e. The molecular weight excluding hydrogens is 697 g/mol. The zero-order valence-corrected chi connectivity index (χ0v) is 32.8. The molecule has 0 bridgehead atoms. The summed E-state index contributed by atoms with van der Waals surface area (Å²) in [6, 6.07) is 74.7. The van der Waals surface area contributed by atoms with E-state index in [-0.39, 0.29) is 0 Å². The summed E-state index contributed by atoms with van der Waals surface area (Å²) in [6.07, 6.45) is 1.13. The van der Waals surface area contributed by atoms with Crippen LogP contribution in [0.15, 0.2) is 200 Å². The first kappa shape index (κ1) is 34.2. The molecule has 1 unspecified atom stereocenters. The van der Waals surface area contributed by atoms with Crippen molar-refractivity contribution < 1.29 is 0 Å². The molecule has 0 amide bonds. The van der Waals surface area contributed by atoms with Gasteiger partial charge < -0.3 is 0 Å². The zero-order chi connectivity index (χ0) is 38.7. The molecule has 1 atom stereocenters. The Morgan fingerprint density at radius 1 is 0.259 bits per heavy atom. The lowest BCUT2D eigenvalue weighted by Gasteiger charge is -2.24. The van der Waals surface area contributed by atoms with E-state index in [1.54, 1.807) is 0 Å². The van der Waals surface area contributed by atoms with Gasteiger partial charge in [0.05, 0.1) is 0 Å². The van der Waals surface area contributed by atoms with Gasteiger partial charge in [0.1, 0.15) is 0 Å². The summed E-state index contributed by atoms with van der Waals surface area (Å²) >= 11 is 0. The number of hydrogen-bond acceptors (Lipinski definition) is 0. The van der Waals surface area contributed by atoms with E-state index in [2.05, 4.69) is 214 Å². The Hall–Kier alpha value is -7.02. The van der Waals surface area contributed by atoms with Crippen LogP contribution in [0.1, 0.15) is 31.7 Å². The third-order valence-electron chi connectivity index (χ3n) is 12.7. The Balaban J connectivity index is 1.28. The van der Waals surface area contributed by atoms with Gasteiger partial charge in [0.2, 0.25) is 0 Å². The first-order chi connectivity index (χ1) is 28.7. The van der Waals surface area contributed by atoms with Crippen LogP contribution >= 0.6 is 0 Å². The van der Waals surface area contributed by atoms with Crippen LogP contribution in [0.3, 0.4) is 0 Å². The van der Waals surface area contributed by atoms with E-state index in [1.807, 2.05) is 0 Å². The fourth-order valence-electron chi connectivity index (χ4n) is 9.90. The van der Waals surface area contributed by atoms with Gasteiger partial charge in [-0.3, -0.25) is 0 Å². The maximum atomic E-state index is 2.36. The Kier molecular flexibility index (Phi) is 8.19. The van der Waals surface area contributed by atoms with Gasteiger partial charge in [0, 0.05) is 0 Å². The van der Waals surface area contributed by atoms with Gasteiger partial charge in [0.15, 0.2) is 0 Å². The molecule has 11 aromatic carbocycles. The highest BCUT2D eigenvalue weighted by Crippen LogP contribution is 2.52. The van der Waals surface area contributed by atoms with Gasteiger partial charge in [-0.2, -0.15) is 0 Å². The van der Waals surface area contributed by atoms with Crippen LogP contribution in [0.2, 0.25) is 0 Å². The monoisotopic (exact) mass is 738 g/mol. The molecule has 0 aliphatic heterocycles. The summed E-state index contributed by atoms with van der Waals surface area (Å²) in [6.45, 7) is 4.59. The van der Waals surface area contributed by atoms with E-state index in [1.165, 1.54) is 115 Å². The molecule has 0 aliphatic carbocycles. The van der Waals surface area contributed by atoms with Crippen LogP contribution in [0, 0.1) is 0 Å². The van der Waals surface area contributed by atoms with Crippen molar-refractivity contribution in [2.24, 2.45) is 0 Å². The molecule has 0 spiro atoms. The maximum absolute atomic E-state index is 2.36. The molecule has 0 nitrogen and oxygen atoms in total. The van der Waals surface area contributed by atoms with Crippen molar-refractivity contribution in [3.05, 3.63) is 206 Å². The lowest BCUT2D eigenvalue weighted by atomic mass is 9.79. The molecule has 0 N–H and O–H groups in total. The minimum absolute atomic E-state index is 0.534. The first-order valence-corrected chi connectivity index (χ1v) is 20.7. The van der Waals surface area contributed by atoms with E-state index in [4.69, 9.17) is 0 Å². The van der Waals surface area contributed by atoms with Crippen molar-refractivity contribution >= 4 is 64.6 Å². The third kappa shape index (κ3) is 5.22. The van der Waals surface area contributed by atoms with Gasteiger partial charge in [0.25, 0.3) is 0 Å². The second-order valence-corrected chi connectivity index (χ2v) is 15.8. The van der Waals surface area contributed by atoms with Gasteiger partial charge in [-0.15, -0.1) is 0 Å². The minimum Gasteiger partial charge on any atom is -0.0648 e. The molecule has 11 rings (SSSR count). The smallest absolute Gasteiger partial charge is 0.00139 e. The molecule has 0 fully saturated rings. The first-order valence-electron chi connectivity index (χ1n) is 20.7. The normalized spacial score (nSPS) is 12.3. The zero-order valence-electron chi connectivity index (χ0n) is 32.8. The molecule has 0 heterocycles. The predicted octanol–water partition coefficient (Wildman–Crippen LogP) is 16.8. The molecule has 0 heteroatoms. The Morgan fingerprint density at radius 2 is 0.483 bits per heavy atom. The van der Waals surface area contributed by atoms with E-state index < -0.39 is 0 Å². The van der Waals surface area contributed by atoms with Crippen molar-refractivity contribution in [1.82, 2.24) is 0 Å². The lowest BCUT2D eigenvalue weighted by molar-refractivity contribution is 0.734. The molecule has 0 aromatic heterocycles. The fraction of sp³-hybridized carbons (Fsp3) is 0.0690.